The summed E-state index contributed by atoms with van der Waals surface area (Å²) in [6.45, 7) is 7.14. The number of rotatable bonds is 0. The standard InChI is InChI=1S/C3H4O2.C2H4O.CO.CH4/c4-3-1-2-5-3;1-2-3-1;1-2;/h1-2H2;1-2H2;;1H4. The Hall–Kier alpha value is -0.830. The summed E-state index contributed by atoms with van der Waals surface area (Å²) in [5.74, 6) is -0.0648. The van der Waals surface area contributed by atoms with Gasteiger partial charge in [0.05, 0.1) is 19.6 Å². The van der Waals surface area contributed by atoms with Crippen LogP contribution in [0.2, 0.25) is 0 Å². The van der Waals surface area contributed by atoms with Crippen LogP contribution < -0.4 is 0 Å². The van der Waals surface area contributed by atoms with E-state index in [1.54, 1.807) is 0 Å². The second-order valence-corrected chi connectivity index (χ2v) is 1.58. The van der Waals surface area contributed by atoms with Gasteiger partial charge in [0, 0.05) is 0 Å². The van der Waals surface area contributed by atoms with Crippen molar-refractivity contribution < 1.29 is 18.9 Å². The summed E-state index contributed by atoms with van der Waals surface area (Å²) in [5.41, 5.74) is 0. The van der Waals surface area contributed by atoms with Gasteiger partial charge in [0.2, 0.25) is 0 Å². The van der Waals surface area contributed by atoms with Crippen LogP contribution in [0.4, 0.5) is 0 Å². The minimum absolute atomic E-state index is 0. The van der Waals surface area contributed by atoms with Crippen LogP contribution >= 0.6 is 0 Å². The molecule has 2 aliphatic heterocycles. The molecule has 0 atom stereocenters. The molecule has 0 aromatic heterocycles. The van der Waals surface area contributed by atoms with Crippen LogP contribution in [0.25, 0.3) is 0 Å². The Bertz CT molecular complexity index is 108. The molecule has 0 aromatic rings. The molecule has 2 rings (SSSR count). The van der Waals surface area contributed by atoms with Crippen molar-refractivity contribution in [2.45, 2.75) is 13.8 Å². The maximum absolute atomic E-state index is 9.68. The Labute approximate surface area is 66.2 Å². The fourth-order valence-corrected chi connectivity index (χ4v) is 0.185. The van der Waals surface area contributed by atoms with Crippen LogP contribution in [0.3, 0.4) is 0 Å². The van der Waals surface area contributed by atoms with E-state index in [1.807, 2.05) is 0 Å². The topological polar surface area (TPSA) is 58.7 Å². The predicted molar refractivity (Wildman–Crippen MR) is 37.1 cm³/mol. The van der Waals surface area contributed by atoms with Crippen molar-refractivity contribution >= 4 is 5.97 Å². The zero-order chi connectivity index (χ0) is 7.82. The molecular weight excluding hydrogens is 148 g/mol. The first kappa shape index (κ1) is 12.8. The van der Waals surface area contributed by atoms with Crippen molar-refractivity contribution in [1.82, 2.24) is 0 Å². The van der Waals surface area contributed by atoms with E-state index in [9.17, 15) is 4.79 Å². The van der Waals surface area contributed by atoms with E-state index in [4.69, 9.17) is 4.65 Å². The molecule has 0 aliphatic carbocycles. The third-order valence-electron chi connectivity index (χ3n) is 0.773. The number of epoxide rings is 1. The molecule has 2 aliphatic rings. The Morgan fingerprint density at radius 1 is 1.27 bits per heavy atom. The maximum atomic E-state index is 9.68. The first-order chi connectivity index (χ1) is 4.89. The molecule has 2 heterocycles. The van der Waals surface area contributed by atoms with Crippen LogP contribution in [0.5, 0.6) is 0 Å². The van der Waals surface area contributed by atoms with Gasteiger partial charge in [-0.1, -0.05) is 7.43 Å². The molecule has 0 saturated carbocycles. The molecule has 4 heteroatoms. The minimum atomic E-state index is -0.0648. The summed E-state index contributed by atoms with van der Waals surface area (Å²) in [5, 5.41) is 0. The zero-order valence-electron chi connectivity index (χ0n) is 5.46. The third-order valence-corrected chi connectivity index (χ3v) is 0.773. The van der Waals surface area contributed by atoms with Crippen LogP contribution in [0.1, 0.15) is 13.8 Å². The molecule has 0 bridgehead atoms. The van der Waals surface area contributed by atoms with E-state index in [0.717, 1.165) is 13.2 Å². The zero-order valence-corrected chi connectivity index (χ0v) is 5.46. The molecule has 0 unspecified atom stereocenters. The Balaban J connectivity index is 0. The van der Waals surface area contributed by atoms with E-state index in [-0.39, 0.29) is 13.4 Å². The summed E-state index contributed by atoms with van der Waals surface area (Å²) in [4.78, 5) is 9.68. The summed E-state index contributed by atoms with van der Waals surface area (Å²) < 4.78 is 16.3. The van der Waals surface area contributed by atoms with E-state index >= 15 is 0 Å². The Morgan fingerprint density at radius 2 is 1.55 bits per heavy atom. The van der Waals surface area contributed by atoms with Gasteiger partial charge in [-0.25, -0.2) is 0 Å². The molecule has 2 saturated heterocycles. The van der Waals surface area contributed by atoms with Crippen LogP contribution in [-0.4, -0.2) is 25.8 Å². The van der Waals surface area contributed by atoms with Gasteiger partial charge >= 0.3 is 17.3 Å². The van der Waals surface area contributed by atoms with Gasteiger partial charge in [-0.3, -0.25) is 4.79 Å². The van der Waals surface area contributed by atoms with Crippen LogP contribution in [-0.2, 0) is 18.9 Å². The summed E-state index contributed by atoms with van der Waals surface area (Å²) in [6.07, 6.45) is 0.625. The molecule has 0 aromatic carbocycles. The quantitative estimate of drug-likeness (QED) is 0.225. The molecule has 0 radical (unpaired) electrons. The number of hydrogen-bond acceptors (Lipinski definition) is 3. The Morgan fingerprint density at radius 3 is 1.55 bits per heavy atom. The van der Waals surface area contributed by atoms with Gasteiger partial charge in [-0.15, -0.1) is 0 Å². The van der Waals surface area contributed by atoms with Gasteiger partial charge in [0.1, 0.15) is 6.61 Å². The molecule has 0 spiro atoms. The Kier molecular flexibility index (Phi) is 10.7. The number of esters is 1. The molecule has 11 heavy (non-hydrogen) atoms. The van der Waals surface area contributed by atoms with Crippen molar-refractivity contribution in [1.29, 1.82) is 0 Å². The SMILES string of the molecule is C.C1CO1.O=C1CCO1.[C-]#[O+]. The predicted octanol–water partition coefficient (Wildman–Crippen LogP) is 0.548. The summed E-state index contributed by atoms with van der Waals surface area (Å²) in [7, 11) is 0. The average molecular weight is 160 g/mol. The second kappa shape index (κ2) is 9.17. The third kappa shape index (κ3) is 12.4. The molecule has 0 N–H and O–H groups in total. The molecule has 0 amide bonds. The van der Waals surface area contributed by atoms with Crippen LogP contribution in [0.15, 0.2) is 0 Å². The summed E-state index contributed by atoms with van der Waals surface area (Å²) >= 11 is 0. The van der Waals surface area contributed by atoms with Gasteiger partial charge in [0.25, 0.3) is 0 Å². The van der Waals surface area contributed by atoms with Crippen molar-refractivity contribution in [2.75, 3.05) is 19.8 Å². The average Bonchev–Trinajstić information content (AvgIpc) is 2.73. The van der Waals surface area contributed by atoms with Crippen molar-refractivity contribution in [3.63, 3.8) is 0 Å². The number of carbonyl (C=O) groups is 1. The number of hydrogen-bond donors (Lipinski definition) is 0. The number of ether oxygens (including phenoxy) is 2. The monoisotopic (exact) mass is 160 g/mol. The molecular formula is C7H12O4. The van der Waals surface area contributed by atoms with E-state index in [2.05, 4.69) is 16.1 Å². The van der Waals surface area contributed by atoms with Gasteiger partial charge < -0.3 is 9.47 Å². The van der Waals surface area contributed by atoms with E-state index in [0.29, 0.717) is 13.0 Å². The van der Waals surface area contributed by atoms with Crippen molar-refractivity contribution in [3.05, 3.63) is 6.65 Å². The van der Waals surface area contributed by atoms with E-state index < -0.39 is 0 Å². The fourth-order valence-electron chi connectivity index (χ4n) is 0.185. The molecule has 64 valence electrons. The van der Waals surface area contributed by atoms with Crippen molar-refractivity contribution in [2.24, 2.45) is 0 Å². The molecule has 4 nitrogen and oxygen atoms in total. The van der Waals surface area contributed by atoms with E-state index in [1.165, 1.54) is 0 Å². The number of cyclic esters (lactones) is 1. The first-order valence-electron chi connectivity index (χ1n) is 2.83. The normalized spacial score (nSPS) is 16.0. The van der Waals surface area contributed by atoms with Gasteiger partial charge in [-0.05, 0) is 0 Å². The number of carbonyl (C=O) groups excluding carboxylic acids is 1. The van der Waals surface area contributed by atoms with Gasteiger partial charge in [0.15, 0.2) is 0 Å². The first-order valence-corrected chi connectivity index (χ1v) is 2.83. The second-order valence-electron chi connectivity index (χ2n) is 1.58. The van der Waals surface area contributed by atoms with Gasteiger partial charge in [-0.2, -0.15) is 0 Å². The van der Waals surface area contributed by atoms with Crippen molar-refractivity contribution in [3.8, 4) is 0 Å². The fraction of sp³-hybridized carbons (Fsp3) is 0.714. The van der Waals surface area contributed by atoms with Crippen LogP contribution in [0, 0.1) is 6.65 Å². The molecule has 2 fully saturated rings. The summed E-state index contributed by atoms with van der Waals surface area (Å²) in [6, 6.07) is 0.